The summed E-state index contributed by atoms with van der Waals surface area (Å²) in [6.07, 6.45) is 6.50. The maximum atomic E-state index is 6.09. The summed E-state index contributed by atoms with van der Waals surface area (Å²) < 4.78 is 2.27. The van der Waals surface area contributed by atoms with Gasteiger partial charge in [0.1, 0.15) is 6.61 Å². The van der Waals surface area contributed by atoms with Gasteiger partial charge in [-0.15, -0.1) is 11.3 Å². The number of aryl methyl sites for hydroxylation is 3. The van der Waals surface area contributed by atoms with Gasteiger partial charge < -0.3 is 4.84 Å². The summed E-state index contributed by atoms with van der Waals surface area (Å²) in [5.41, 5.74) is 6.60. The van der Waals surface area contributed by atoms with Crippen LogP contribution in [0.1, 0.15) is 40.2 Å². The van der Waals surface area contributed by atoms with Crippen molar-refractivity contribution in [1.29, 1.82) is 0 Å². The molecule has 30 heavy (non-hydrogen) atoms. The van der Waals surface area contributed by atoms with Gasteiger partial charge in [0.25, 0.3) is 0 Å². The number of hydrogen-bond donors (Lipinski definition) is 0. The van der Waals surface area contributed by atoms with Gasteiger partial charge in [-0.3, -0.25) is 4.40 Å². The summed E-state index contributed by atoms with van der Waals surface area (Å²) in [4.78, 5) is 13.1. The zero-order valence-electron chi connectivity index (χ0n) is 16.8. The van der Waals surface area contributed by atoms with E-state index in [1.165, 1.54) is 29.0 Å². The normalized spacial score (nSPS) is 13.8. The average molecular weight is 436 g/mol. The Labute approximate surface area is 184 Å². The molecule has 0 aliphatic heterocycles. The fourth-order valence-electron chi connectivity index (χ4n) is 4.00. The van der Waals surface area contributed by atoms with Crippen LogP contribution in [0.2, 0.25) is 5.02 Å². The van der Waals surface area contributed by atoms with E-state index in [-0.39, 0.29) is 0 Å². The lowest BCUT2D eigenvalue weighted by atomic mass is 10.0. The Morgan fingerprint density at radius 1 is 1.17 bits per heavy atom. The summed E-state index contributed by atoms with van der Waals surface area (Å²) in [5, 5.41) is 5.03. The number of fused-ring (bicyclic) bond motifs is 3. The number of halogens is 1. The predicted molar refractivity (Wildman–Crippen MR) is 124 cm³/mol. The average Bonchev–Trinajstić information content (AvgIpc) is 3.28. The van der Waals surface area contributed by atoms with E-state index in [1.54, 1.807) is 17.6 Å². The zero-order valence-corrected chi connectivity index (χ0v) is 18.3. The SMILES string of the molecule is Cc1cccc(CO/N=C\c2c(-c3ccc(Cl)cc3)nc3sc4c(n23)CCCC4)c1. The zero-order chi connectivity index (χ0) is 20.5. The van der Waals surface area contributed by atoms with Crippen molar-refractivity contribution in [3.63, 3.8) is 0 Å². The van der Waals surface area contributed by atoms with Crippen LogP contribution in [0.3, 0.4) is 0 Å². The van der Waals surface area contributed by atoms with Crippen molar-refractivity contribution in [2.24, 2.45) is 5.16 Å². The van der Waals surface area contributed by atoms with E-state index in [0.717, 1.165) is 40.3 Å². The Bertz CT molecular complexity index is 1220. The van der Waals surface area contributed by atoms with Gasteiger partial charge in [0.15, 0.2) is 4.96 Å². The largest absolute Gasteiger partial charge is 0.391 e. The second-order valence-corrected chi connectivity index (χ2v) is 9.15. The first-order valence-corrected chi connectivity index (χ1v) is 11.4. The predicted octanol–water partition coefficient (Wildman–Crippen LogP) is 6.45. The molecule has 4 nitrogen and oxygen atoms in total. The van der Waals surface area contributed by atoms with Crippen LogP contribution in [0.4, 0.5) is 0 Å². The molecule has 6 heteroatoms. The molecule has 0 atom stereocenters. The highest BCUT2D eigenvalue weighted by molar-refractivity contribution is 7.17. The minimum atomic E-state index is 0.443. The smallest absolute Gasteiger partial charge is 0.195 e. The quantitative estimate of drug-likeness (QED) is 0.266. The molecule has 1 aliphatic carbocycles. The Hall–Kier alpha value is -2.63. The second-order valence-electron chi connectivity index (χ2n) is 7.65. The van der Waals surface area contributed by atoms with Gasteiger partial charge in [0, 0.05) is 21.2 Å². The van der Waals surface area contributed by atoms with Crippen molar-refractivity contribution in [2.75, 3.05) is 0 Å². The van der Waals surface area contributed by atoms with Crippen molar-refractivity contribution in [3.05, 3.63) is 80.9 Å². The molecule has 5 rings (SSSR count). The number of hydrogen-bond acceptors (Lipinski definition) is 4. The number of thiazole rings is 1. The molecule has 152 valence electrons. The van der Waals surface area contributed by atoms with E-state index in [4.69, 9.17) is 21.4 Å². The van der Waals surface area contributed by atoms with E-state index in [0.29, 0.717) is 11.6 Å². The number of imidazole rings is 1. The van der Waals surface area contributed by atoms with Gasteiger partial charge in [0.2, 0.25) is 0 Å². The van der Waals surface area contributed by atoms with E-state index >= 15 is 0 Å². The van der Waals surface area contributed by atoms with Crippen LogP contribution in [0, 0.1) is 6.92 Å². The fourth-order valence-corrected chi connectivity index (χ4v) is 5.34. The Morgan fingerprint density at radius 3 is 2.83 bits per heavy atom. The molecule has 0 saturated heterocycles. The molecular weight excluding hydrogens is 414 g/mol. The van der Waals surface area contributed by atoms with E-state index < -0.39 is 0 Å². The third-order valence-electron chi connectivity index (χ3n) is 5.44. The first kappa shape index (κ1) is 19.3. The molecule has 4 aromatic rings. The van der Waals surface area contributed by atoms with Gasteiger partial charge in [-0.25, -0.2) is 4.98 Å². The molecule has 0 radical (unpaired) electrons. The van der Waals surface area contributed by atoms with Crippen molar-refractivity contribution >= 4 is 34.1 Å². The highest BCUT2D eigenvalue weighted by atomic mass is 35.5. The number of benzene rings is 2. The Morgan fingerprint density at radius 2 is 2.00 bits per heavy atom. The van der Waals surface area contributed by atoms with E-state index in [9.17, 15) is 0 Å². The minimum absolute atomic E-state index is 0.443. The second kappa shape index (κ2) is 8.25. The molecule has 2 heterocycles. The van der Waals surface area contributed by atoms with Crippen LogP contribution in [0.15, 0.2) is 53.7 Å². The van der Waals surface area contributed by atoms with Crippen LogP contribution in [-0.4, -0.2) is 15.6 Å². The molecule has 0 spiro atoms. The molecule has 2 aromatic carbocycles. The fraction of sp³-hybridized carbons (Fsp3) is 0.250. The highest BCUT2D eigenvalue weighted by Gasteiger charge is 2.22. The number of nitrogens with zero attached hydrogens (tertiary/aromatic N) is 3. The lowest BCUT2D eigenvalue weighted by Crippen LogP contribution is -2.05. The number of rotatable bonds is 5. The third-order valence-corrected chi connectivity index (χ3v) is 6.83. The van der Waals surface area contributed by atoms with Crippen LogP contribution < -0.4 is 0 Å². The molecule has 0 N–H and O–H groups in total. The van der Waals surface area contributed by atoms with Gasteiger partial charge in [-0.2, -0.15) is 0 Å². The van der Waals surface area contributed by atoms with Gasteiger partial charge >= 0.3 is 0 Å². The van der Waals surface area contributed by atoms with Gasteiger partial charge in [-0.05, 0) is 50.3 Å². The number of aromatic nitrogens is 2. The van der Waals surface area contributed by atoms with Gasteiger partial charge in [0.05, 0.1) is 17.6 Å². The van der Waals surface area contributed by atoms with Crippen molar-refractivity contribution in [3.8, 4) is 11.3 Å². The lowest BCUT2D eigenvalue weighted by molar-refractivity contribution is 0.132. The van der Waals surface area contributed by atoms with Crippen LogP contribution in [0.5, 0.6) is 0 Å². The molecule has 0 unspecified atom stereocenters. The summed E-state index contributed by atoms with van der Waals surface area (Å²) in [7, 11) is 0. The third kappa shape index (κ3) is 3.75. The molecule has 0 bridgehead atoms. The summed E-state index contributed by atoms with van der Waals surface area (Å²) in [5.74, 6) is 0. The Kier molecular flexibility index (Phi) is 5.32. The maximum absolute atomic E-state index is 6.09. The standard InChI is InChI=1S/C24H22ClN3OS/c1-16-5-4-6-17(13-16)15-29-26-14-21-23(18-9-11-19(25)12-10-18)27-24-28(21)20-7-2-3-8-22(20)30-24/h4-6,9-14H,2-3,7-8,15H2,1H3/b26-14-. The Balaban J connectivity index is 1.51. The van der Waals surface area contributed by atoms with E-state index in [1.807, 2.05) is 36.4 Å². The van der Waals surface area contributed by atoms with Crippen molar-refractivity contribution in [1.82, 2.24) is 9.38 Å². The molecular formula is C24H22ClN3OS. The highest BCUT2D eigenvalue weighted by Crippen LogP contribution is 2.34. The summed E-state index contributed by atoms with van der Waals surface area (Å²) in [6, 6.07) is 16.1. The first-order valence-electron chi connectivity index (χ1n) is 10.2. The van der Waals surface area contributed by atoms with Crippen molar-refractivity contribution in [2.45, 2.75) is 39.2 Å². The summed E-state index contributed by atoms with van der Waals surface area (Å²) in [6.45, 7) is 2.52. The molecule has 0 saturated carbocycles. The lowest BCUT2D eigenvalue weighted by Gasteiger charge is -2.11. The topological polar surface area (TPSA) is 38.9 Å². The van der Waals surface area contributed by atoms with Crippen LogP contribution >= 0.6 is 22.9 Å². The minimum Gasteiger partial charge on any atom is -0.391 e. The summed E-state index contributed by atoms with van der Waals surface area (Å²) >= 11 is 7.89. The molecule has 1 aliphatic rings. The van der Waals surface area contributed by atoms with Gasteiger partial charge in [-0.1, -0.05) is 58.7 Å². The van der Waals surface area contributed by atoms with Crippen LogP contribution in [0.25, 0.3) is 16.2 Å². The van der Waals surface area contributed by atoms with E-state index in [2.05, 4.69) is 28.6 Å². The molecule has 0 amide bonds. The first-order chi connectivity index (χ1) is 14.7. The monoisotopic (exact) mass is 435 g/mol. The molecule has 0 fully saturated rings. The number of oxime groups is 1. The van der Waals surface area contributed by atoms with Crippen LogP contribution in [-0.2, 0) is 24.3 Å². The maximum Gasteiger partial charge on any atom is 0.195 e. The van der Waals surface area contributed by atoms with Crippen molar-refractivity contribution < 1.29 is 4.84 Å². The molecule has 2 aromatic heterocycles.